The standard InChI is InChI=1S/C27H21N2O6P/c28-27(31)26-24(30)16-20-13-17-7-4-5-8-18(17)15-23(20)25(26)19-9-6-12-22(14-19)34-36(32,33)35-29-21-10-2-1-3-11-21/h1-16,29-30H,(H2,28,31)(H,32,33). The first-order chi connectivity index (χ1) is 17.3. The first-order valence-corrected chi connectivity index (χ1v) is 12.4. The molecule has 9 heteroatoms. The number of phosphoric ester groups is 1. The van der Waals surface area contributed by atoms with Crippen molar-refractivity contribution in [3.8, 4) is 22.6 Å². The molecule has 0 heterocycles. The Kier molecular flexibility index (Phi) is 6.08. The largest absolute Gasteiger partial charge is 0.549 e. The molecule has 0 bridgehead atoms. The molecule has 0 aromatic heterocycles. The summed E-state index contributed by atoms with van der Waals surface area (Å²) in [6.07, 6.45) is 0. The minimum absolute atomic E-state index is 0.0147. The molecular weight excluding hydrogens is 479 g/mol. The number of nitrogens with two attached hydrogens (primary N) is 1. The van der Waals surface area contributed by atoms with Crippen LogP contribution in [0.15, 0.2) is 97.1 Å². The Labute approximate surface area is 206 Å². The van der Waals surface area contributed by atoms with Crippen LogP contribution < -0.4 is 15.7 Å². The summed E-state index contributed by atoms with van der Waals surface area (Å²) in [5, 5.41) is 13.9. The van der Waals surface area contributed by atoms with E-state index in [1.807, 2.05) is 36.4 Å². The zero-order chi connectivity index (χ0) is 25.3. The first-order valence-electron chi connectivity index (χ1n) is 10.9. The average molecular weight is 500 g/mol. The van der Waals surface area contributed by atoms with E-state index in [2.05, 4.69) is 5.48 Å². The number of hydrogen-bond acceptors (Lipinski definition) is 6. The van der Waals surface area contributed by atoms with Gasteiger partial charge in [0.2, 0.25) is 0 Å². The lowest BCUT2D eigenvalue weighted by molar-refractivity contribution is 0.0998. The molecule has 5 rings (SSSR count). The van der Waals surface area contributed by atoms with Gasteiger partial charge in [0.05, 0.1) is 11.3 Å². The molecule has 0 saturated heterocycles. The molecule has 0 aliphatic rings. The fourth-order valence-electron chi connectivity index (χ4n) is 4.10. The maximum absolute atomic E-state index is 12.5. The Hall–Kier alpha value is -4.36. The quantitative estimate of drug-likeness (QED) is 0.123. The minimum atomic E-state index is -4.56. The van der Waals surface area contributed by atoms with Gasteiger partial charge in [0.15, 0.2) is 0 Å². The summed E-state index contributed by atoms with van der Waals surface area (Å²) < 4.78 is 22.7. The van der Waals surface area contributed by atoms with Gasteiger partial charge in [-0.05, 0) is 69.6 Å². The molecule has 5 aromatic rings. The van der Waals surface area contributed by atoms with Gasteiger partial charge in [-0.15, -0.1) is 0 Å². The molecule has 0 spiro atoms. The molecule has 1 amide bonds. The van der Waals surface area contributed by atoms with Crippen LogP contribution in [0, 0.1) is 0 Å². The summed E-state index contributed by atoms with van der Waals surface area (Å²) >= 11 is 0. The third-order valence-corrected chi connectivity index (χ3v) is 6.39. The van der Waals surface area contributed by atoms with E-state index in [-0.39, 0.29) is 17.1 Å². The summed E-state index contributed by atoms with van der Waals surface area (Å²) in [6, 6.07) is 27.8. The Balaban J connectivity index is 1.57. The Morgan fingerprint density at radius 1 is 0.833 bits per heavy atom. The maximum atomic E-state index is 12.5. The van der Waals surface area contributed by atoms with Gasteiger partial charge >= 0.3 is 7.82 Å². The topological polar surface area (TPSA) is 131 Å². The van der Waals surface area contributed by atoms with Crippen molar-refractivity contribution in [2.24, 2.45) is 5.73 Å². The van der Waals surface area contributed by atoms with Crippen molar-refractivity contribution in [1.29, 1.82) is 0 Å². The fraction of sp³-hybridized carbons (Fsp3) is 0. The highest BCUT2D eigenvalue weighted by Crippen LogP contribution is 2.46. The van der Waals surface area contributed by atoms with Gasteiger partial charge in [0, 0.05) is 5.56 Å². The number of amides is 1. The van der Waals surface area contributed by atoms with Crippen molar-refractivity contribution in [2.45, 2.75) is 0 Å². The number of nitrogens with one attached hydrogen (secondary N) is 1. The second kappa shape index (κ2) is 9.36. The number of carbonyl (C=O) groups is 1. The summed E-state index contributed by atoms with van der Waals surface area (Å²) in [5.74, 6) is -1.07. The van der Waals surface area contributed by atoms with Crippen molar-refractivity contribution in [2.75, 3.05) is 5.48 Å². The molecule has 0 aliphatic heterocycles. The average Bonchev–Trinajstić information content (AvgIpc) is 2.86. The summed E-state index contributed by atoms with van der Waals surface area (Å²) in [5.41, 5.74) is 9.27. The second-order valence-electron chi connectivity index (χ2n) is 8.08. The highest BCUT2D eigenvalue weighted by molar-refractivity contribution is 7.47. The Morgan fingerprint density at radius 3 is 2.25 bits per heavy atom. The number of para-hydroxylation sites is 1. The second-order valence-corrected chi connectivity index (χ2v) is 9.38. The van der Waals surface area contributed by atoms with Gasteiger partial charge in [0.25, 0.3) is 5.91 Å². The summed E-state index contributed by atoms with van der Waals surface area (Å²) in [7, 11) is -4.56. The zero-order valence-corrected chi connectivity index (χ0v) is 19.7. The number of rotatable bonds is 7. The molecule has 1 unspecified atom stereocenters. The smallest absolute Gasteiger partial charge is 0.507 e. The van der Waals surface area contributed by atoms with E-state index in [0.717, 1.165) is 10.8 Å². The zero-order valence-electron chi connectivity index (χ0n) is 18.8. The number of hydrogen-bond donors (Lipinski definition) is 4. The number of aromatic hydroxyl groups is 1. The summed E-state index contributed by atoms with van der Waals surface area (Å²) in [4.78, 5) is 22.6. The van der Waals surface area contributed by atoms with Crippen molar-refractivity contribution in [1.82, 2.24) is 0 Å². The van der Waals surface area contributed by atoms with Gasteiger partial charge in [-0.2, -0.15) is 4.62 Å². The fourth-order valence-corrected chi connectivity index (χ4v) is 4.74. The minimum Gasteiger partial charge on any atom is -0.507 e. The molecule has 1 atom stereocenters. The van der Waals surface area contributed by atoms with Crippen LogP contribution >= 0.6 is 7.82 Å². The molecule has 36 heavy (non-hydrogen) atoms. The van der Waals surface area contributed by atoms with E-state index >= 15 is 0 Å². The normalized spacial score (nSPS) is 12.8. The van der Waals surface area contributed by atoms with E-state index in [0.29, 0.717) is 27.6 Å². The molecule has 180 valence electrons. The number of phosphoric acid groups is 1. The number of carbonyl (C=O) groups excluding carboxylic acids is 1. The van der Waals surface area contributed by atoms with Gasteiger partial charge < -0.3 is 15.4 Å². The summed E-state index contributed by atoms with van der Waals surface area (Å²) in [6.45, 7) is 0. The van der Waals surface area contributed by atoms with Gasteiger partial charge in [-0.1, -0.05) is 54.6 Å². The molecule has 5 N–H and O–H groups in total. The maximum Gasteiger partial charge on any atom is 0.549 e. The van der Waals surface area contributed by atoms with Crippen molar-refractivity contribution in [3.63, 3.8) is 0 Å². The number of primary amides is 1. The SMILES string of the molecule is NC(=O)c1c(O)cc2cc3ccccc3cc2c1-c1cccc(OP(=O)(O)ONc2ccccc2)c1. The Morgan fingerprint density at radius 2 is 1.53 bits per heavy atom. The number of benzene rings is 5. The van der Waals surface area contributed by atoms with Crippen LogP contribution in [0.25, 0.3) is 32.7 Å². The van der Waals surface area contributed by atoms with Crippen LogP contribution in [0.2, 0.25) is 0 Å². The van der Waals surface area contributed by atoms with E-state index < -0.39 is 13.7 Å². The number of phenols is 1. The van der Waals surface area contributed by atoms with Crippen molar-refractivity contribution < 1.29 is 28.5 Å². The van der Waals surface area contributed by atoms with E-state index in [1.165, 1.54) is 18.2 Å². The lowest BCUT2D eigenvalue weighted by atomic mass is 9.90. The van der Waals surface area contributed by atoms with Gasteiger partial charge in [-0.3, -0.25) is 15.2 Å². The Bertz CT molecular complexity index is 1660. The monoisotopic (exact) mass is 500 g/mol. The van der Waals surface area contributed by atoms with Crippen LogP contribution in [-0.2, 0) is 9.19 Å². The van der Waals surface area contributed by atoms with E-state index in [1.54, 1.807) is 42.5 Å². The molecule has 0 aliphatic carbocycles. The number of anilines is 1. The first kappa shape index (κ1) is 23.4. The predicted molar refractivity (Wildman–Crippen MR) is 139 cm³/mol. The van der Waals surface area contributed by atoms with Crippen LogP contribution in [0.5, 0.6) is 11.5 Å². The highest BCUT2D eigenvalue weighted by atomic mass is 31.2. The highest BCUT2D eigenvalue weighted by Gasteiger charge is 2.25. The van der Waals surface area contributed by atoms with Crippen molar-refractivity contribution in [3.05, 3.63) is 103 Å². The van der Waals surface area contributed by atoms with Crippen LogP contribution in [0.1, 0.15) is 10.4 Å². The van der Waals surface area contributed by atoms with Crippen LogP contribution in [-0.4, -0.2) is 15.9 Å². The van der Waals surface area contributed by atoms with Gasteiger partial charge in [0.1, 0.15) is 11.5 Å². The third kappa shape index (κ3) is 4.74. The van der Waals surface area contributed by atoms with Crippen molar-refractivity contribution >= 4 is 41.0 Å². The molecule has 0 radical (unpaired) electrons. The van der Waals surface area contributed by atoms with Gasteiger partial charge in [-0.25, -0.2) is 4.57 Å². The van der Waals surface area contributed by atoms with Crippen LogP contribution in [0.4, 0.5) is 5.69 Å². The molecular formula is C27H21N2O6P. The lowest BCUT2D eigenvalue weighted by Crippen LogP contribution is -2.13. The number of fused-ring (bicyclic) bond motifs is 2. The molecule has 5 aromatic carbocycles. The molecule has 0 fully saturated rings. The predicted octanol–water partition coefficient (Wildman–Crippen LogP) is 5.99. The lowest BCUT2D eigenvalue weighted by Gasteiger charge is -2.17. The van der Waals surface area contributed by atoms with E-state index in [4.69, 9.17) is 14.9 Å². The molecule has 8 nitrogen and oxygen atoms in total. The van der Waals surface area contributed by atoms with E-state index in [9.17, 15) is 19.4 Å². The molecule has 0 saturated carbocycles. The third-order valence-electron chi connectivity index (χ3n) is 5.63. The van der Waals surface area contributed by atoms with Crippen LogP contribution in [0.3, 0.4) is 0 Å².